The van der Waals surface area contributed by atoms with Gasteiger partial charge in [-0.25, -0.2) is 4.39 Å². The maximum Gasteiger partial charge on any atom is 0.249 e. The maximum absolute atomic E-state index is 13.7. The molecule has 0 saturated carbocycles. The molecule has 0 radical (unpaired) electrons. The number of methoxy groups -OCH3 is 1. The average Bonchev–Trinajstić information content (AvgIpc) is 2.62. The van der Waals surface area contributed by atoms with E-state index in [4.69, 9.17) is 4.74 Å². The fraction of sp³-hybridized carbons (Fsp3) is 0.300. The molecule has 1 aliphatic heterocycles. The number of nitriles is 1. The van der Waals surface area contributed by atoms with Gasteiger partial charge < -0.3 is 14.7 Å². The van der Waals surface area contributed by atoms with Crippen molar-refractivity contribution in [1.29, 1.82) is 5.26 Å². The van der Waals surface area contributed by atoms with Crippen LogP contribution in [0, 0.1) is 17.1 Å². The van der Waals surface area contributed by atoms with Gasteiger partial charge in [-0.05, 0) is 28.8 Å². The number of hydrogen-bond donors (Lipinski definition) is 1. The second-order valence-corrected chi connectivity index (χ2v) is 6.18. The van der Waals surface area contributed by atoms with Crippen LogP contribution in [0.2, 0.25) is 0 Å². The van der Waals surface area contributed by atoms with E-state index in [1.807, 2.05) is 24.3 Å². The zero-order valence-corrected chi connectivity index (χ0v) is 14.3. The summed E-state index contributed by atoms with van der Waals surface area (Å²) >= 11 is 0. The predicted molar refractivity (Wildman–Crippen MR) is 93.6 cm³/mol. The van der Waals surface area contributed by atoms with Gasteiger partial charge in [0.25, 0.3) is 0 Å². The first-order valence-corrected chi connectivity index (χ1v) is 8.27. The Labute approximate surface area is 151 Å². The standard InChI is InChI=1S/C20H19FN2O3/c1-26-12-19(25)23-17(10-22)20(18(23)11-24)16-8-3-2-7-15(16)13-5-4-6-14(21)9-13/h2-9,17-18,20,24H,11-12H2,1H3/t17-,18+,20+/m0/s1. The van der Waals surface area contributed by atoms with Gasteiger partial charge in [-0.15, -0.1) is 0 Å². The Balaban J connectivity index is 2.01. The van der Waals surface area contributed by atoms with Crippen LogP contribution in [0.5, 0.6) is 0 Å². The Kier molecular flexibility index (Phi) is 5.31. The first kappa shape index (κ1) is 18.1. The van der Waals surface area contributed by atoms with Crippen molar-refractivity contribution in [3.63, 3.8) is 0 Å². The number of likely N-dealkylation sites (tertiary alicyclic amines) is 1. The molecule has 6 heteroatoms. The van der Waals surface area contributed by atoms with Crippen LogP contribution < -0.4 is 0 Å². The van der Waals surface area contributed by atoms with E-state index >= 15 is 0 Å². The molecule has 1 heterocycles. The summed E-state index contributed by atoms with van der Waals surface area (Å²) in [6, 6.07) is 14.5. The highest BCUT2D eigenvalue weighted by Gasteiger charge is 2.52. The average molecular weight is 354 g/mol. The minimum absolute atomic E-state index is 0.146. The Morgan fingerprint density at radius 2 is 2.08 bits per heavy atom. The van der Waals surface area contributed by atoms with Crippen LogP contribution in [0.25, 0.3) is 11.1 Å². The van der Waals surface area contributed by atoms with Crippen molar-refractivity contribution in [3.05, 3.63) is 59.9 Å². The summed E-state index contributed by atoms with van der Waals surface area (Å²) in [6.45, 7) is -0.414. The Morgan fingerprint density at radius 3 is 2.73 bits per heavy atom. The highest BCUT2D eigenvalue weighted by Crippen LogP contribution is 2.44. The lowest BCUT2D eigenvalue weighted by molar-refractivity contribution is -0.150. The van der Waals surface area contributed by atoms with Crippen LogP contribution in [0.1, 0.15) is 11.5 Å². The zero-order valence-electron chi connectivity index (χ0n) is 14.3. The fourth-order valence-electron chi connectivity index (χ4n) is 3.63. The molecule has 3 rings (SSSR count). The van der Waals surface area contributed by atoms with Crippen molar-refractivity contribution < 1.29 is 19.0 Å². The number of amides is 1. The molecule has 2 aromatic carbocycles. The second-order valence-electron chi connectivity index (χ2n) is 6.18. The predicted octanol–water partition coefficient (Wildman–Crippen LogP) is 2.32. The normalized spacial score (nSPS) is 21.8. The Morgan fingerprint density at radius 1 is 1.31 bits per heavy atom. The van der Waals surface area contributed by atoms with Gasteiger partial charge in [-0.3, -0.25) is 4.79 Å². The number of rotatable bonds is 5. The lowest BCUT2D eigenvalue weighted by Gasteiger charge is -2.52. The molecular formula is C20H19FN2O3. The highest BCUT2D eigenvalue weighted by molar-refractivity contribution is 5.81. The third-order valence-corrected chi connectivity index (χ3v) is 4.74. The SMILES string of the molecule is COCC(=O)N1[C@H](CO)[C@H](c2ccccc2-c2cccc(F)c2)[C@@H]1C#N. The molecular weight excluding hydrogens is 335 g/mol. The Hall–Kier alpha value is -2.75. The van der Waals surface area contributed by atoms with Crippen LogP contribution in [-0.2, 0) is 9.53 Å². The number of aliphatic hydroxyl groups is 1. The number of ether oxygens (including phenoxy) is 1. The minimum atomic E-state index is -0.704. The summed E-state index contributed by atoms with van der Waals surface area (Å²) in [7, 11) is 1.41. The number of nitrogens with zero attached hydrogens (tertiary/aromatic N) is 2. The smallest absolute Gasteiger partial charge is 0.249 e. The minimum Gasteiger partial charge on any atom is -0.394 e. The number of halogens is 1. The van der Waals surface area contributed by atoms with Crippen molar-refractivity contribution in [2.24, 2.45) is 0 Å². The monoisotopic (exact) mass is 354 g/mol. The first-order valence-electron chi connectivity index (χ1n) is 8.27. The summed E-state index contributed by atoms with van der Waals surface area (Å²) in [4.78, 5) is 13.6. The Bertz CT molecular complexity index is 849. The summed E-state index contributed by atoms with van der Waals surface area (Å²) in [5, 5.41) is 19.4. The molecule has 134 valence electrons. The maximum atomic E-state index is 13.7. The van der Waals surface area contributed by atoms with Gasteiger partial charge in [0.2, 0.25) is 5.91 Å². The number of carbonyl (C=O) groups excluding carboxylic acids is 1. The number of benzene rings is 2. The lowest BCUT2D eigenvalue weighted by Crippen LogP contribution is -2.66. The third-order valence-electron chi connectivity index (χ3n) is 4.74. The van der Waals surface area contributed by atoms with Gasteiger partial charge in [0.1, 0.15) is 18.5 Å². The van der Waals surface area contributed by atoms with Gasteiger partial charge in [0.15, 0.2) is 0 Å². The molecule has 1 amide bonds. The van der Waals surface area contributed by atoms with Gasteiger partial charge in [0, 0.05) is 13.0 Å². The van der Waals surface area contributed by atoms with E-state index in [-0.39, 0.29) is 30.9 Å². The fourth-order valence-corrected chi connectivity index (χ4v) is 3.63. The van der Waals surface area contributed by atoms with E-state index in [9.17, 15) is 19.6 Å². The van der Waals surface area contributed by atoms with Crippen LogP contribution in [0.15, 0.2) is 48.5 Å². The molecule has 0 aromatic heterocycles. The molecule has 26 heavy (non-hydrogen) atoms. The first-order chi connectivity index (χ1) is 12.6. The van der Waals surface area contributed by atoms with Gasteiger partial charge >= 0.3 is 0 Å². The largest absolute Gasteiger partial charge is 0.394 e. The van der Waals surface area contributed by atoms with Crippen molar-refractivity contribution in [1.82, 2.24) is 4.90 Å². The summed E-state index contributed by atoms with van der Waals surface area (Å²) in [5.41, 5.74) is 2.29. The van der Waals surface area contributed by atoms with Crippen molar-refractivity contribution in [2.75, 3.05) is 20.3 Å². The summed E-state index contributed by atoms with van der Waals surface area (Å²) in [6.07, 6.45) is 0. The molecule has 0 unspecified atom stereocenters. The molecule has 5 nitrogen and oxygen atoms in total. The molecule has 3 atom stereocenters. The van der Waals surface area contributed by atoms with E-state index in [1.54, 1.807) is 12.1 Å². The zero-order chi connectivity index (χ0) is 18.7. The number of hydrogen-bond acceptors (Lipinski definition) is 4. The third kappa shape index (κ3) is 3.07. The van der Waals surface area contributed by atoms with E-state index in [0.717, 1.165) is 11.1 Å². The van der Waals surface area contributed by atoms with E-state index < -0.39 is 12.1 Å². The van der Waals surface area contributed by atoms with Gasteiger partial charge in [-0.1, -0.05) is 36.4 Å². The van der Waals surface area contributed by atoms with E-state index in [2.05, 4.69) is 6.07 Å². The van der Waals surface area contributed by atoms with Gasteiger partial charge in [-0.2, -0.15) is 5.26 Å². The number of carbonyl (C=O) groups is 1. The van der Waals surface area contributed by atoms with Gasteiger partial charge in [0.05, 0.1) is 18.7 Å². The molecule has 0 aliphatic carbocycles. The van der Waals surface area contributed by atoms with Crippen LogP contribution in [0.3, 0.4) is 0 Å². The van der Waals surface area contributed by atoms with Crippen molar-refractivity contribution in [3.8, 4) is 17.2 Å². The molecule has 1 aliphatic rings. The van der Waals surface area contributed by atoms with E-state index in [1.165, 1.54) is 24.1 Å². The summed E-state index contributed by atoms with van der Waals surface area (Å²) in [5.74, 6) is -1.04. The molecule has 1 fully saturated rings. The summed E-state index contributed by atoms with van der Waals surface area (Å²) < 4.78 is 18.5. The quantitative estimate of drug-likeness (QED) is 0.894. The van der Waals surface area contributed by atoms with Crippen molar-refractivity contribution in [2.45, 2.75) is 18.0 Å². The molecule has 1 N–H and O–H groups in total. The molecule has 2 aromatic rings. The second kappa shape index (κ2) is 7.65. The molecule has 0 bridgehead atoms. The van der Waals surface area contributed by atoms with Crippen LogP contribution in [0.4, 0.5) is 4.39 Å². The lowest BCUT2D eigenvalue weighted by atomic mass is 9.73. The topological polar surface area (TPSA) is 73.6 Å². The number of aliphatic hydroxyl groups excluding tert-OH is 1. The highest BCUT2D eigenvalue weighted by atomic mass is 19.1. The molecule has 1 saturated heterocycles. The van der Waals surface area contributed by atoms with Crippen molar-refractivity contribution >= 4 is 5.91 Å². The van der Waals surface area contributed by atoms with E-state index in [0.29, 0.717) is 5.56 Å². The molecule has 0 spiro atoms. The van der Waals surface area contributed by atoms with Crippen LogP contribution >= 0.6 is 0 Å². The van der Waals surface area contributed by atoms with Crippen LogP contribution in [-0.4, -0.2) is 48.3 Å².